The van der Waals surface area contributed by atoms with E-state index < -0.39 is 16.1 Å². The van der Waals surface area contributed by atoms with Crippen LogP contribution in [0.2, 0.25) is 0 Å². The fraction of sp³-hybridized carbons (Fsp3) is 0.188. The molecule has 0 spiro atoms. The van der Waals surface area contributed by atoms with Crippen molar-refractivity contribution in [2.24, 2.45) is 0 Å². The minimum absolute atomic E-state index is 0.184. The van der Waals surface area contributed by atoms with Crippen molar-refractivity contribution >= 4 is 27.3 Å². The summed E-state index contributed by atoms with van der Waals surface area (Å²) >= 11 is 0. The van der Waals surface area contributed by atoms with Crippen LogP contribution >= 0.6 is 0 Å². The smallest absolute Gasteiger partial charge is 0.265 e. The highest BCUT2D eigenvalue weighted by atomic mass is 32.2. The van der Waals surface area contributed by atoms with Crippen LogP contribution < -0.4 is 9.62 Å². The third-order valence-electron chi connectivity index (χ3n) is 3.68. The van der Waals surface area contributed by atoms with Crippen molar-refractivity contribution in [2.45, 2.75) is 24.8 Å². The highest BCUT2D eigenvalue weighted by molar-refractivity contribution is 7.93. The molecule has 1 heterocycles. The van der Waals surface area contributed by atoms with Crippen molar-refractivity contribution in [3.63, 3.8) is 0 Å². The number of rotatable bonds is 2. The second-order valence-electron chi connectivity index (χ2n) is 5.30. The second-order valence-corrected chi connectivity index (χ2v) is 7.11. The standard InChI is InChI=1S/C16H16N2O3S/c1-11-6-5-7-13(10-11)22(20,21)18-12(2)16(19)17-14-8-3-4-9-15(14)18/h3-10,12H,1-2H3,(H,17,19). The minimum atomic E-state index is -3.81. The Balaban J connectivity index is 2.19. The number of carbonyl (C=O) groups excluding carboxylic acids is 1. The Labute approximate surface area is 129 Å². The van der Waals surface area contributed by atoms with Crippen molar-refractivity contribution in [1.29, 1.82) is 0 Å². The van der Waals surface area contributed by atoms with Gasteiger partial charge in [0.2, 0.25) is 5.91 Å². The highest BCUT2D eigenvalue weighted by Gasteiger charge is 2.38. The molecule has 22 heavy (non-hydrogen) atoms. The number of aryl methyl sites for hydroxylation is 1. The van der Waals surface area contributed by atoms with Gasteiger partial charge in [0.15, 0.2) is 0 Å². The van der Waals surface area contributed by atoms with E-state index in [0.29, 0.717) is 11.4 Å². The van der Waals surface area contributed by atoms with Gasteiger partial charge in [-0.15, -0.1) is 0 Å². The first kappa shape index (κ1) is 14.6. The molecule has 0 aliphatic carbocycles. The van der Waals surface area contributed by atoms with Crippen molar-refractivity contribution in [1.82, 2.24) is 0 Å². The summed E-state index contributed by atoms with van der Waals surface area (Å²) in [5.74, 6) is -0.338. The summed E-state index contributed by atoms with van der Waals surface area (Å²) in [5, 5.41) is 2.73. The molecule has 0 fully saturated rings. The molecule has 1 atom stereocenters. The molecule has 1 aliphatic rings. The number of nitrogens with one attached hydrogen (secondary N) is 1. The summed E-state index contributed by atoms with van der Waals surface area (Å²) in [7, 11) is -3.81. The second kappa shape index (κ2) is 5.14. The first-order valence-corrected chi connectivity index (χ1v) is 8.36. The number of benzene rings is 2. The van der Waals surface area contributed by atoms with Gasteiger partial charge in [-0.1, -0.05) is 24.3 Å². The molecule has 114 valence electrons. The topological polar surface area (TPSA) is 66.5 Å². The number of para-hydroxylation sites is 2. The average Bonchev–Trinajstić information content (AvgIpc) is 2.48. The Bertz CT molecular complexity index is 846. The monoisotopic (exact) mass is 316 g/mol. The molecule has 0 aromatic heterocycles. The van der Waals surface area contributed by atoms with Crippen LogP contribution in [-0.4, -0.2) is 20.4 Å². The van der Waals surface area contributed by atoms with E-state index in [-0.39, 0.29) is 10.8 Å². The summed E-state index contributed by atoms with van der Waals surface area (Å²) in [5.41, 5.74) is 1.83. The van der Waals surface area contributed by atoms with E-state index >= 15 is 0 Å². The Morgan fingerprint density at radius 3 is 2.55 bits per heavy atom. The average molecular weight is 316 g/mol. The third kappa shape index (κ3) is 2.25. The molecule has 0 bridgehead atoms. The number of amides is 1. The predicted molar refractivity (Wildman–Crippen MR) is 85.4 cm³/mol. The zero-order valence-corrected chi connectivity index (χ0v) is 13.1. The lowest BCUT2D eigenvalue weighted by molar-refractivity contribution is -0.117. The third-order valence-corrected chi connectivity index (χ3v) is 5.56. The summed E-state index contributed by atoms with van der Waals surface area (Å²) in [6.45, 7) is 3.41. The van der Waals surface area contributed by atoms with Crippen molar-refractivity contribution in [2.75, 3.05) is 9.62 Å². The van der Waals surface area contributed by atoms with E-state index in [0.717, 1.165) is 5.56 Å². The summed E-state index contributed by atoms with van der Waals surface area (Å²) in [4.78, 5) is 12.3. The van der Waals surface area contributed by atoms with Crippen molar-refractivity contribution in [3.8, 4) is 0 Å². The molecule has 1 N–H and O–H groups in total. The first-order chi connectivity index (χ1) is 10.4. The Kier molecular flexibility index (Phi) is 3.41. The fourth-order valence-electron chi connectivity index (χ4n) is 2.55. The van der Waals surface area contributed by atoms with Gasteiger partial charge in [-0.2, -0.15) is 0 Å². The largest absolute Gasteiger partial charge is 0.322 e. The van der Waals surface area contributed by atoms with Crippen molar-refractivity contribution in [3.05, 3.63) is 54.1 Å². The van der Waals surface area contributed by atoms with E-state index in [1.54, 1.807) is 49.4 Å². The zero-order chi connectivity index (χ0) is 15.9. The predicted octanol–water partition coefficient (Wildman–Crippen LogP) is 2.53. The van der Waals surface area contributed by atoms with Gasteiger partial charge in [-0.25, -0.2) is 8.42 Å². The quantitative estimate of drug-likeness (QED) is 0.926. The lowest BCUT2D eigenvalue weighted by Gasteiger charge is -2.35. The molecule has 1 aliphatic heterocycles. The molecule has 1 amide bonds. The van der Waals surface area contributed by atoms with Crippen molar-refractivity contribution < 1.29 is 13.2 Å². The van der Waals surface area contributed by atoms with E-state index in [1.807, 2.05) is 13.0 Å². The SMILES string of the molecule is Cc1cccc(S(=O)(=O)N2c3ccccc3NC(=O)C2C)c1. The molecule has 6 heteroatoms. The Hall–Kier alpha value is -2.34. The van der Waals surface area contributed by atoms with E-state index in [2.05, 4.69) is 5.32 Å². The maximum Gasteiger partial charge on any atom is 0.265 e. The van der Waals surface area contributed by atoms with Gasteiger partial charge in [0.25, 0.3) is 10.0 Å². The van der Waals surface area contributed by atoms with Gasteiger partial charge in [-0.3, -0.25) is 9.10 Å². The van der Waals surface area contributed by atoms with Gasteiger partial charge in [-0.05, 0) is 43.7 Å². The highest BCUT2D eigenvalue weighted by Crippen LogP contribution is 2.36. The summed E-state index contributed by atoms with van der Waals surface area (Å²) in [6, 6.07) is 12.8. The number of nitrogens with zero attached hydrogens (tertiary/aromatic N) is 1. The van der Waals surface area contributed by atoms with Crippen LogP contribution in [0, 0.1) is 6.92 Å². The van der Waals surface area contributed by atoms with Gasteiger partial charge < -0.3 is 5.32 Å². The number of sulfonamides is 1. The van der Waals surface area contributed by atoms with E-state index in [4.69, 9.17) is 0 Å². The maximum atomic E-state index is 13.0. The van der Waals surface area contributed by atoms with Gasteiger partial charge in [0.05, 0.1) is 16.3 Å². The molecule has 0 saturated carbocycles. The normalized spacial score (nSPS) is 17.8. The molecule has 3 rings (SSSR count). The molecule has 1 unspecified atom stereocenters. The molecule has 0 saturated heterocycles. The zero-order valence-electron chi connectivity index (χ0n) is 12.3. The molecule has 2 aromatic carbocycles. The van der Waals surface area contributed by atoms with Gasteiger partial charge >= 0.3 is 0 Å². The number of carbonyl (C=O) groups is 1. The first-order valence-electron chi connectivity index (χ1n) is 6.92. The maximum absolute atomic E-state index is 13.0. The summed E-state index contributed by atoms with van der Waals surface area (Å²) < 4.78 is 27.2. The van der Waals surface area contributed by atoms with Crippen LogP contribution in [0.5, 0.6) is 0 Å². The minimum Gasteiger partial charge on any atom is -0.322 e. The molecular formula is C16H16N2O3S. The Morgan fingerprint density at radius 2 is 1.82 bits per heavy atom. The van der Waals surface area contributed by atoms with Crippen LogP contribution in [0.25, 0.3) is 0 Å². The van der Waals surface area contributed by atoms with E-state index in [1.165, 1.54) is 4.31 Å². The van der Waals surface area contributed by atoms with Gasteiger partial charge in [0, 0.05) is 0 Å². The van der Waals surface area contributed by atoms with Crippen LogP contribution in [0.4, 0.5) is 11.4 Å². The Morgan fingerprint density at radius 1 is 1.09 bits per heavy atom. The van der Waals surface area contributed by atoms with Gasteiger partial charge in [0.1, 0.15) is 6.04 Å². The van der Waals surface area contributed by atoms with E-state index in [9.17, 15) is 13.2 Å². The summed E-state index contributed by atoms with van der Waals surface area (Å²) in [6.07, 6.45) is 0. The molecule has 2 aromatic rings. The number of hydrogen-bond acceptors (Lipinski definition) is 3. The van der Waals surface area contributed by atoms with Crippen LogP contribution in [-0.2, 0) is 14.8 Å². The number of anilines is 2. The van der Waals surface area contributed by atoms with Crippen LogP contribution in [0.3, 0.4) is 0 Å². The molecular weight excluding hydrogens is 300 g/mol. The lowest BCUT2D eigenvalue weighted by atomic mass is 10.1. The lowest BCUT2D eigenvalue weighted by Crippen LogP contribution is -2.49. The van der Waals surface area contributed by atoms with Crippen LogP contribution in [0.1, 0.15) is 12.5 Å². The fourth-order valence-corrected chi connectivity index (χ4v) is 4.29. The van der Waals surface area contributed by atoms with Crippen LogP contribution in [0.15, 0.2) is 53.4 Å². The number of hydrogen-bond donors (Lipinski definition) is 1. The molecule has 5 nitrogen and oxygen atoms in total. The molecule has 0 radical (unpaired) electrons. The number of fused-ring (bicyclic) bond motifs is 1.